The molecule has 0 aliphatic rings. The van der Waals surface area contributed by atoms with Gasteiger partial charge in [-0.05, 0) is 39.0 Å². The van der Waals surface area contributed by atoms with Crippen LogP contribution in [0, 0.1) is 13.8 Å². The third kappa shape index (κ3) is 4.72. The lowest BCUT2D eigenvalue weighted by Crippen LogP contribution is -2.28. The maximum absolute atomic E-state index is 12.1. The summed E-state index contributed by atoms with van der Waals surface area (Å²) in [6.45, 7) is 7.12. The molecule has 8 nitrogen and oxygen atoms in total. The third-order valence-electron chi connectivity index (χ3n) is 3.81. The second-order valence-electron chi connectivity index (χ2n) is 5.47. The first kappa shape index (κ1) is 18.3. The summed E-state index contributed by atoms with van der Waals surface area (Å²) >= 11 is 0. The monoisotopic (exact) mass is 345 g/mol. The number of carbonyl (C=O) groups is 2. The molecule has 134 valence electrons. The Morgan fingerprint density at radius 3 is 2.48 bits per heavy atom. The minimum atomic E-state index is -0.569. The average Bonchev–Trinajstić information content (AvgIpc) is 2.86. The van der Waals surface area contributed by atoms with Crippen LogP contribution in [0.2, 0.25) is 0 Å². The van der Waals surface area contributed by atoms with Gasteiger partial charge in [0, 0.05) is 35.7 Å². The number of urea groups is 1. The van der Waals surface area contributed by atoms with Gasteiger partial charge in [0.05, 0.1) is 12.8 Å². The lowest BCUT2D eigenvalue weighted by molar-refractivity contribution is 0.187. The van der Waals surface area contributed by atoms with Crippen LogP contribution in [-0.4, -0.2) is 29.0 Å². The summed E-state index contributed by atoms with van der Waals surface area (Å²) in [6.07, 6.45) is -0.569. The van der Waals surface area contributed by atoms with E-state index in [0.717, 1.165) is 23.5 Å². The first-order valence-corrected chi connectivity index (χ1v) is 7.97. The van der Waals surface area contributed by atoms with E-state index in [1.165, 1.54) is 7.11 Å². The topological polar surface area (TPSA) is 97.3 Å². The molecule has 25 heavy (non-hydrogen) atoms. The fraction of sp³-hybridized carbons (Fsp3) is 0.353. The molecular weight excluding hydrogens is 322 g/mol. The summed E-state index contributed by atoms with van der Waals surface area (Å²) in [5.74, 6) is 0. The summed E-state index contributed by atoms with van der Waals surface area (Å²) < 4.78 is 6.45. The maximum Gasteiger partial charge on any atom is 0.411 e. The summed E-state index contributed by atoms with van der Waals surface area (Å²) in [7, 11) is 1.29. The standard InChI is InChI=1S/C17H23N5O3/c1-5-22-12(3)15(11(2)21-22)10-18-16(23)19-13-7-6-8-14(9-13)20-17(24)25-4/h6-9H,5,10H2,1-4H3,(H,20,24)(H2,18,19,23). The van der Waals surface area contributed by atoms with Gasteiger partial charge in [-0.1, -0.05) is 6.07 Å². The molecule has 1 aromatic heterocycles. The Kier molecular flexibility index (Phi) is 5.99. The van der Waals surface area contributed by atoms with Crippen molar-refractivity contribution in [1.29, 1.82) is 0 Å². The van der Waals surface area contributed by atoms with Crippen molar-refractivity contribution in [3.63, 3.8) is 0 Å². The molecule has 0 fully saturated rings. The zero-order valence-electron chi connectivity index (χ0n) is 14.8. The Morgan fingerprint density at radius 2 is 1.88 bits per heavy atom. The van der Waals surface area contributed by atoms with E-state index in [2.05, 4.69) is 25.8 Å². The van der Waals surface area contributed by atoms with Gasteiger partial charge in [-0.2, -0.15) is 5.10 Å². The predicted molar refractivity (Wildman–Crippen MR) is 95.7 cm³/mol. The van der Waals surface area contributed by atoms with Gasteiger partial charge in [0.2, 0.25) is 0 Å². The lowest BCUT2D eigenvalue weighted by Gasteiger charge is -2.10. The average molecular weight is 345 g/mol. The Morgan fingerprint density at radius 1 is 1.20 bits per heavy atom. The molecule has 1 heterocycles. The van der Waals surface area contributed by atoms with Crippen LogP contribution >= 0.6 is 0 Å². The number of nitrogens with one attached hydrogen (secondary N) is 3. The van der Waals surface area contributed by atoms with Crippen LogP contribution in [0.3, 0.4) is 0 Å². The van der Waals surface area contributed by atoms with E-state index in [-0.39, 0.29) is 6.03 Å². The summed E-state index contributed by atoms with van der Waals surface area (Å²) in [6, 6.07) is 6.46. The molecule has 0 saturated heterocycles. The molecular formula is C17H23N5O3. The summed E-state index contributed by atoms with van der Waals surface area (Å²) in [4.78, 5) is 23.3. The van der Waals surface area contributed by atoms with Crippen molar-refractivity contribution in [2.45, 2.75) is 33.9 Å². The Labute approximate surface area is 146 Å². The fourth-order valence-corrected chi connectivity index (χ4v) is 2.49. The number of rotatable bonds is 5. The number of benzene rings is 1. The quantitative estimate of drug-likeness (QED) is 0.776. The molecule has 0 spiro atoms. The number of carbonyl (C=O) groups excluding carboxylic acids is 2. The largest absolute Gasteiger partial charge is 0.453 e. The number of nitrogens with zero attached hydrogens (tertiary/aromatic N) is 2. The van der Waals surface area contributed by atoms with Crippen LogP contribution < -0.4 is 16.0 Å². The first-order valence-electron chi connectivity index (χ1n) is 7.97. The number of aromatic nitrogens is 2. The van der Waals surface area contributed by atoms with Gasteiger partial charge in [0.1, 0.15) is 0 Å². The van der Waals surface area contributed by atoms with Crippen molar-refractivity contribution in [2.24, 2.45) is 0 Å². The van der Waals surface area contributed by atoms with Crippen LogP contribution in [-0.2, 0) is 17.8 Å². The van der Waals surface area contributed by atoms with Gasteiger partial charge in [0.15, 0.2) is 0 Å². The minimum Gasteiger partial charge on any atom is -0.453 e. The number of anilines is 2. The van der Waals surface area contributed by atoms with Crippen molar-refractivity contribution < 1.29 is 14.3 Å². The Bertz CT molecular complexity index is 770. The van der Waals surface area contributed by atoms with Gasteiger partial charge < -0.3 is 15.4 Å². The Hall–Kier alpha value is -3.03. The molecule has 8 heteroatoms. The van der Waals surface area contributed by atoms with Crippen LogP contribution in [0.25, 0.3) is 0 Å². The van der Waals surface area contributed by atoms with E-state index < -0.39 is 6.09 Å². The van der Waals surface area contributed by atoms with Crippen LogP contribution in [0.15, 0.2) is 24.3 Å². The van der Waals surface area contributed by atoms with E-state index in [4.69, 9.17) is 0 Å². The predicted octanol–water partition coefficient (Wildman–Crippen LogP) is 3.02. The zero-order valence-corrected chi connectivity index (χ0v) is 14.8. The fourth-order valence-electron chi connectivity index (χ4n) is 2.49. The van der Waals surface area contributed by atoms with Crippen molar-refractivity contribution in [3.05, 3.63) is 41.2 Å². The number of ether oxygens (including phenoxy) is 1. The maximum atomic E-state index is 12.1. The van der Waals surface area contributed by atoms with Gasteiger partial charge >= 0.3 is 12.1 Å². The molecule has 0 atom stereocenters. The smallest absolute Gasteiger partial charge is 0.411 e. The highest BCUT2D eigenvalue weighted by atomic mass is 16.5. The van der Waals surface area contributed by atoms with E-state index >= 15 is 0 Å². The molecule has 3 N–H and O–H groups in total. The van der Waals surface area contributed by atoms with Gasteiger partial charge in [-0.25, -0.2) is 9.59 Å². The minimum absolute atomic E-state index is 0.335. The molecule has 0 bridgehead atoms. The molecule has 2 rings (SSSR count). The van der Waals surface area contributed by atoms with Crippen molar-refractivity contribution in [1.82, 2.24) is 15.1 Å². The highest BCUT2D eigenvalue weighted by molar-refractivity contribution is 5.91. The van der Waals surface area contributed by atoms with Crippen LogP contribution in [0.4, 0.5) is 21.0 Å². The number of hydrogen-bond donors (Lipinski definition) is 3. The lowest BCUT2D eigenvalue weighted by atomic mass is 10.2. The highest BCUT2D eigenvalue weighted by Gasteiger charge is 2.12. The molecule has 2 aromatic rings. The van der Waals surface area contributed by atoms with Gasteiger partial charge in [-0.15, -0.1) is 0 Å². The van der Waals surface area contributed by atoms with Crippen LogP contribution in [0.1, 0.15) is 23.9 Å². The SMILES string of the molecule is CCn1nc(C)c(CNC(=O)Nc2cccc(NC(=O)OC)c2)c1C. The second kappa shape index (κ2) is 8.18. The molecule has 3 amide bonds. The molecule has 1 aromatic carbocycles. The van der Waals surface area contributed by atoms with E-state index in [9.17, 15) is 9.59 Å². The summed E-state index contributed by atoms with van der Waals surface area (Å²) in [5.41, 5.74) is 4.05. The van der Waals surface area contributed by atoms with Crippen LogP contribution in [0.5, 0.6) is 0 Å². The van der Waals surface area contributed by atoms with E-state index in [0.29, 0.717) is 17.9 Å². The molecule has 0 radical (unpaired) electrons. The zero-order chi connectivity index (χ0) is 18.4. The third-order valence-corrected chi connectivity index (χ3v) is 3.81. The normalized spacial score (nSPS) is 10.2. The van der Waals surface area contributed by atoms with Crippen molar-refractivity contribution in [2.75, 3.05) is 17.7 Å². The van der Waals surface area contributed by atoms with Gasteiger partial charge in [-0.3, -0.25) is 10.00 Å². The van der Waals surface area contributed by atoms with E-state index in [1.807, 2.05) is 25.5 Å². The number of amides is 3. The highest BCUT2D eigenvalue weighted by Crippen LogP contribution is 2.16. The van der Waals surface area contributed by atoms with Crippen molar-refractivity contribution in [3.8, 4) is 0 Å². The molecule has 0 saturated carbocycles. The number of hydrogen-bond acceptors (Lipinski definition) is 4. The number of aryl methyl sites for hydroxylation is 2. The second-order valence-corrected chi connectivity index (χ2v) is 5.47. The first-order chi connectivity index (χ1) is 11.9. The number of methoxy groups -OCH3 is 1. The van der Waals surface area contributed by atoms with Crippen molar-refractivity contribution >= 4 is 23.5 Å². The Balaban J connectivity index is 1.96. The molecule has 0 unspecified atom stereocenters. The molecule has 0 aliphatic heterocycles. The molecule has 0 aliphatic carbocycles. The summed E-state index contributed by atoms with van der Waals surface area (Å²) in [5, 5.41) is 12.5. The van der Waals surface area contributed by atoms with Gasteiger partial charge in [0.25, 0.3) is 0 Å². The van der Waals surface area contributed by atoms with E-state index in [1.54, 1.807) is 24.3 Å².